The van der Waals surface area contributed by atoms with Gasteiger partial charge in [0.2, 0.25) is 17.7 Å². The van der Waals surface area contributed by atoms with Crippen molar-refractivity contribution in [2.24, 2.45) is 5.92 Å². The Hall–Kier alpha value is -2.22. The van der Waals surface area contributed by atoms with Gasteiger partial charge in [0.05, 0.1) is 18.7 Å². The van der Waals surface area contributed by atoms with E-state index in [0.717, 1.165) is 19.3 Å². The molecule has 4 rings (SSSR count). The highest BCUT2D eigenvalue weighted by molar-refractivity contribution is 5.89. The minimum atomic E-state index is -0.236. The molecule has 2 atom stereocenters. The first-order valence-electron chi connectivity index (χ1n) is 9.29. The van der Waals surface area contributed by atoms with Gasteiger partial charge in [-0.15, -0.1) is 0 Å². The number of rotatable bonds is 4. The molecule has 0 aliphatic carbocycles. The monoisotopic (exact) mass is 360 g/mol. The van der Waals surface area contributed by atoms with E-state index in [-0.39, 0.29) is 29.9 Å². The Labute approximate surface area is 152 Å². The summed E-state index contributed by atoms with van der Waals surface area (Å²) in [5.41, 5.74) is 0. The molecular formula is C18H24N4O4. The van der Waals surface area contributed by atoms with Gasteiger partial charge in [0.25, 0.3) is 0 Å². The molecule has 0 saturated carbocycles. The average molecular weight is 360 g/mol. The fourth-order valence-electron chi connectivity index (χ4n) is 4.05. The van der Waals surface area contributed by atoms with Gasteiger partial charge < -0.3 is 19.3 Å². The van der Waals surface area contributed by atoms with E-state index < -0.39 is 0 Å². The van der Waals surface area contributed by atoms with Gasteiger partial charge in [0.15, 0.2) is 0 Å². The van der Waals surface area contributed by atoms with Crippen LogP contribution in [0.25, 0.3) is 0 Å². The van der Waals surface area contributed by atoms with E-state index in [1.807, 2.05) is 9.80 Å². The zero-order valence-electron chi connectivity index (χ0n) is 14.7. The van der Waals surface area contributed by atoms with Crippen molar-refractivity contribution < 1.29 is 19.1 Å². The van der Waals surface area contributed by atoms with Crippen LogP contribution in [0.15, 0.2) is 18.6 Å². The van der Waals surface area contributed by atoms with E-state index in [9.17, 15) is 9.59 Å². The predicted molar refractivity (Wildman–Crippen MR) is 91.3 cm³/mol. The largest absolute Gasteiger partial charge is 0.471 e. The van der Waals surface area contributed by atoms with Crippen LogP contribution >= 0.6 is 0 Å². The third kappa shape index (κ3) is 3.65. The third-order valence-electron chi connectivity index (χ3n) is 5.42. The summed E-state index contributed by atoms with van der Waals surface area (Å²) in [6, 6.07) is 0.223. The highest BCUT2D eigenvalue weighted by Crippen LogP contribution is 2.27. The van der Waals surface area contributed by atoms with E-state index in [1.54, 1.807) is 18.6 Å². The molecule has 3 fully saturated rings. The summed E-state index contributed by atoms with van der Waals surface area (Å²) in [6.45, 7) is 3.12. The summed E-state index contributed by atoms with van der Waals surface area (Å²) in [5.74, 6) is 0.411. The number of nitrogens with zero attached hydrogens (tertiary/aromatic N) is 4. The van der Waals surface area contributed by atoms with Gasteiger partial charge >= 0.3 is 0 Å². The Kier molecular flexibility index (Phi) is 5.01. The molecule has 8 nitrogen and oxygen atoms in total. The number of likely N-dealkylation sites (tertiary alicyclic amines) is 2. The molecule has 0 spiro atoms. The van der Waals surface area contributed by atoms with Crippen molar-refractivity contribution in [3.8, 4) is 5.88 Å². The first kappa shape index (κ1) is 17.2. The van der Waals surface area contributed by atoms with Gasteiger partial charge in [-0.25, -0.2) is 4.98 Å². The summed E-state index contributed by atoms with van der Waals surface area (Å²) in [4.78, 5) is 37.1. The molecule has 3 aliphatic heterocycles. The van der Waals surface area contributed by atoms with Crippen molar-refractivity contribution in [3.63, 3.8) is 0 Å². The highest BCUT2D eigenvalue weighted by Gasteiger charge is 2.41. The molecule has 3 saturated heterocycles. The quantitative estimate of drug-likeness (QED) is 0.777. The first-order chi connectivity index (χ1) is 12.7. The summed E-state index contributed by atoms with van der Waals surface area (Å²) < 4.78 is 11.2. The van der Waals surface area contributed by atoms with Gasteiger partial charge in [-0.3, -0.25) is 14.6 Å². The van der Waals surface area contributed by atoms with Crippen LogP contribution in [-0.4, -0.2) is 76.6 Å². The molecule has 4 heterocycles. The molecule has 1 aromatic rings. The zero-order valence-corrected chi connectivity index (χ0v) is 14.7. The van der Waals surface area contributed by atoms with Crippen molar-refractivity contribution in [2.45, 2.75) is 37.8 Å². The van der Waals surface area contributed by atoms with E-state index >= 15 is 0 Å². The van der Waals surface area contributed by atoms with E-state index in [0.29, 0.717) is 45.1 Å². The molecule has 0 unspecified atom stereocenters. The molecule has 0 bridgehead atoms. The van der Waals surface area contributed by atoms with E-state index in [4.69, 9.17) is 9.47 Å². The first-order valence-corrected chi connectivity index (χ1v) is 9.29. The third-order valence-corrected chi connectivity index (χ3v) is 5.42. The molecule has 140 valence electrons. The number of carbonyl (C=O) groups excluding carboxylic acids is 2. The lowest BCUT2D eigenvalue weighted by Crippen LogP contribution is -2.42. The standard InChI is InChI=1S/C18H24N4O4/c23-17-9-13(11-22(17)14-2-7-25-8-3-14)18(24)21-6-1-15(12-21)26-16-10-19-4-5-20-16/h4-5,10,13-15H,1-3,6-9,11-12H2/t13-,15+/m0/s1. The number of hydrogen-bond donors (Lipinski definition) is 0. The molecule has 8 heteroatoms. The van der Waals surface area contributed by atoms with Crippen LogP contribution in [0, 0.1) is 5.92 Å². The molecule has 3 aliphatic rings. The van der Waals surface area contributed by atoms with Crippen LogP contribution in [0.2, 0.25) is 0 Å². The van der Waals surface area contributed by atoms with Gasteiger partial charge in [0, 0.05) is 57.6 Å². The Morgan fingerprint density at radius 3 is 2.81 bits per heavy atom. The molecule has 1 aromatic heterocycles. The Bertz CT molecular complexity index is 650. The van der Waals surface area contributed by atoms with Gasteiger partial charge in [-0.05, 0) is 12.8 Å². The van der Waals surface area contributed by atoms with Gasteiger partial charge in [-0.1, -0.05) is 0 Å². The topological polar surface area (TPSA) is 84.9 Å². The van der Waals surface area contributed by atoms with Crippen molar-refractivity contribution >= 4 is 11.8 Å². The molecular weight excluding hydrogens is 336 g/mol. The van der Waals surface area contributed by atoms with Gasteiger partial charge in [-0.2, -0.15) is 0 Å². The lowest BCUT2D eigenvalue weighted by molar-refractivity contribution is -0.135. The number of aromatic nitrogens is 2. The highest BCUT2D eigenvalue weighted by atomic mass is 16.5. The average Bonchev–Trinajstić information content (AvgIpc) is 3.29. The molecule has 2 amide bonds. The van der Waals surface area contributed by atoms with Crippen LogP contribution in [0.1, 0.15) is 25.7 Å². The van der Waals surface area contributed by atoms with Gasteiger partial charge in [0.1, 0.15) is 6.10 Å². The fraction of sp³-hybridized carbons (Fsp3) is 0.667. The Morgan fingerprint density at radius 1 is 1.19 bits per heavy atom. The van der Waals surface area contributed by atoms with Crippen LogP contribution in [0.4, 0.5) is 0 Å². The summed E-state index contributed by atoms with van der Waals surface area (Å²) >= 11 is 0. The number of hydrogen-bond acceptors (Lipinski definition) is 6. The second-order valence-electron chi connectivity index (χ2n) is 7.15. The summed E-state index contributed by atoms with van der Waals surface area (Å²) in [5, 5.41) is 0. The minimum Gasteiger partial charge on any atom is -0.471 e. The second-order valence-corrected chi connectivity index (χ2v) is 7.15. The predicted octanol–water partition coefficient (Wildman–Crippen LogP) is 0.484. The SMILES string of the molecule is O=C([C@H]1CC(=O)N(C2CCOCC2)C1)N1CC[C@@H](Oc2cnccn2)C1. The normalized spacial score (nSPS) is 27.2. The van der Waals surface area contributed by atoms with Crippen LogP contribution < -0.4 is 4.74 Å². The maximum atomic E-state index is 12.9. The number of carbonyl (C=O) groups is 2. The molecule has 26 heavy (non-hydrogen) atoms. The van der Waals surface area contributed by atoms with Crippen molar-refractivity contribution in [1.29, 1.82) is 0 Å². The maximum Gasteiger partial charge on any atom is 0.232 e. The zero-order chi connectivity index (χ0) is 17.9. The van der Waals surface area contributed by atoms with E-state index in [1.165, 1.54) is 0 Å². The van der Waals surface area contributed by atoms with Crippen molar-refractivity contribution in [2.75, 3.05) is 32.8 Å². The Morgan fingerprint density at radius 2 is 2.04 bits per heavy atom. The van der Waals surface area contributed by atoms with Crippen molar-refractivity contribution in [1.82, 2.24) is 19.8 Å². The summed E-state index contributed by atoms with van der Waals surface area (Å²) in [7, 11) is 0. The Balaban J connectivity index is 1.31. The van der Waals surface area contributed by atoms with Crippen LogP contribution in [0.5, 0.6) is 5.88 Å². The minimum absolute atomic E-state index is 0.0677. The number of amides is 2. The molecule has 0 aromatic carbocycles. The maximum absolute atomic E-state index is 12.9. The lowest BCUT2D eigenvalue weighted by Gasteiger charge is -2.31. The second kappa shape index (κ2) is 7.57. The van der Waals surface area contributed by atoms with Crippen LogP contribution in [-0.2, 0) is 14.3 Å². The van der Waals surface area contributed by atoms with Crippen LogP contribution in [0.3, 0.4) is 0 Å². The van der Waals surface area contributed by atoms with Crippen molar-refractivity contribution in [3.05, 3.63) is 18.6 Å². The molecule has 0 N–H and O–H groups in total. The fourth-order valence-corrected chi connectivity index (χ4v) is 4.05. The summed E-state index contributed by atoms with van der Waals surface area (Å²) in [6.07, 6.45) is 7.51. The lowest BCUT2D eigenvalue weighted by atomic mass is 10.1. The smallest absolute Gasteiger partial charge is 0.232 e. The number of ether oxygens (including phenoxy) is 2. The van der Waals surface area contributed by atoms with E-state index in [2.05, 4.69) is 9.97 Å². The molecule has 0 radical (unpaired) electrons.